The lowest BCUT2D eigenvalue weighted by Crippen LogP contribution is -2.45. The lowest BCUT2D eigenvalue weighted by molar-refractivity contribution is -0.384. The highest BCUT2D eigenvalue weighted by Crippen LogP contribution is 2.52. The smallest absolute Gasteiger partial charge is 0.487 e. The number of imide groups is 1. The van der Waals surface area contributed by atoms with Gasteiger partial charge in [-0.2, -0.15) is 0 Å². The number of hydrogen-bond acceptors (Lipinski definition) is 9. The number of para-hydroxylation sites is 1. The Bertz CT molecular complexity index is 1500. The highest BCUT2D eigenvalue weighted by molar-refractivity contribution is 6.53. The van der Waals surface area contributed by atoms with Gasteiger partial charge in [-0.15, -0.1) is 0 Å². The number of nitro benzene ring substituents is 1. The molecule has 12 heteroatoms. The van der Waals surface area contributed by atoms with Gasteiger partial charge in [-0.3, -0.25) is 19.7 Å². The molecule has 1 aliphatic carbocycles. The maximum absolute atomic E-state index is 13.9. The summed E-state index contributed by atoms with van der Waals surface area (Å²) < 4.78 is 17.6. The predicted octanol–water partition coefficient (Wildman–Crippen LogP) is 3.36. The molecule has 2 amide bonds. The van der Waals surface area contributed by atoms with Crippen molar-refractivity contribution in [2.24, 2.45) is 17.8 Å². The Morgan fingerprint density at radius 2 is 1.85 bits per heavy atom. The number of carbonyl (C=O) groups excluding carboxylic acids is 2. The zero-order valence-corrected chi connectivity index (χ0v) is 21.2. The van der Waals surface area contributed by atoms with E-state index in [9.17, 15) is 29.8 Å². The van der Waals surface area contributed by atoms with Crippen LogP contribution in [0, 0.1) is 27.9 Å². The van der Waals surface area contributed by atoms with Gasteiger partial charge in [-0.1, -0.05) is 24.3 Å². The Morgan fingerprint density at radius 1 is 1.05 bits per heavy atom. The zero-order chi connectivity index (χ0) is 28.0. The minimum absolute atomic E-state index is 0.0812. The first kappa shape index (κ1) is 26.0. The van der Waals surface area contributed by atoms with E-state index in [2.05, 4.69) is 0 Å². The molecular weight excluding hydrogens is 519 g/mol. The van der Waals surface area contributed by atoms with E-state index < -0.39 is 47.7 Å². The lowest BCUT2D eigenvalue weighted by Gasteiger charge is -2.41. The molecule has 40 heavy (non-hydrogen) atoms. The van der Waals surface area contributed by atoms with Crippen LogP contribution in [0.3, 0.4) is 0 Å². The molecule has 11 nitrogen and oxygen atoms in total. The summed E-state index contributed by atoms with van der Waals surface area (Å²) in [4.78, 5) is 39.4. The number of furan rings is 1. The van der Waals surface area contributed by atoms with Crippen LogP contribution in [0.1, 0.15) is 30.5 Å². The number of nitro groups is 1. The van der Waals surface area contributed by atoms with E-state index in [1.807, 2.05) is 18.2 Å². The molecule has 204 valence electrons. The van der Waals surface area contributed by atoms with E-state index in [4.69, 9.17) is 13.8 Å². The van der Waals surface area contributed by atoms with Gasteiger partial charge in [0.25, 0.3) is 5.69 Å². The molecule has 0 saturated carbocycles. The Hall–Kier alpha value is -4.26. The topological polar surface area (TPSA) is 153 Å². The molecule has 2 fully saturated rings. The van der Waals surface area contributed by atoms with Crippen molar-refractivity contribution < 1.29 is 38.5 Å². The first-order chi connectivity index (χ1) is 19.4. The lowest BCUT2D eigenvalue weighted by atomic mass is 9.55. The number of aliphatic hydroxyl groups is 1. The van der Waals surface area contributed by atoms with Gasteiger partial charge in [0.2, 0.25) is 11.8 Å². The summed E-state index contributed by atoms with van der Waals surface area (Å²) in [5.41, 5.74) is 1.07. The predicted molar refractivity (Wildman–Crippen MR) is 141 cm³/mol. The number of nitrogens with zero attached hydrogens (tertiary/aromatic N) is 2. The molecule has 1 aromatic heterocycles. The molecule has 0 radical (unpaired) electrons. The monoisotopic (exact) mass is 544 g/mol. The van der Waals surface area contributed by atoms with Crippen molar-refractivity contribution in [2.45, 2.75) is 25.6 Å². The molecule has 2 aromatic carbocycles. The number of benzene rings is 2. The maximum atomic E-state index is 13.9. The molecule has 3 aliphatic rings. The minimum Gasteiger partial charge on any atom is -0.489 e. The zero-order valence-electron chi connectivity index (χ0n) is 21.2. The Kier molecular flexibility index (Phi) is 6.74. The second-order valence-electron chi connectivity index (χ2n) is 10.1. The van der Waals surface area contributed by atoms with Crippen LogP contribution in [0.25, 0.3) is 0 Å². The van der Waals surface area contributed by atoms with Gasteiger partial charge in [0.05, 0.1) is 22.4 Å². The second kappa shape index (κ2) is 10.4. The second-order valence-corrected chi connectivity index (χ2v) is 10.1. The molecule has 2 aliphatic heterocycles. The Balaban J connectivity index is 1.37. The minimum atomic E-state index is -1.38. The van der Waals surface area contributed by atoms with Crippen molar-refractivity contribution in [3.63, 3.8) is 0 Å². The molecule has 6 rings (SSSR count). The van der Waals surface area contributed by atoms with E-state index in [0.29, 0.717) is 28.3 Å². The van der Waals surface area contributed by atoms with Crippen LogP contribution in [0.5, 0.6) is 5.75 Å². The quantitative estimate of drug-likeness (QED) is 0.197. The van der Waals surface area contributed by atoms with E-state index >= 15 is 0 Å². The number of anilines is 1. The summed E-state index contributed by atoms with van der Waals surface area (Å²) in [6.45, 7) is -0.224. The van der Waals surface area contributed by atoms with Gasteiger partial charge < -0.3 is 23.9 Å². The number of hydrogen-bond donors (Lipinski definition) is 2. The number of amides is 2. The summed E-state index contributed by atoms with van der Waals surface area (Å²) >= 11 is 0. The van der Waals surface area contributed by atoms with Crippen molar-refractivity contribution in [3.05, 3.63) is 99.4 Å². The number of carbonyl (C=O) groups is 2. The standard InChI is InChI=1S/C28H25BN2O9/c32-14-20-9-10-23(39-20)24-13-21-25-22(27(33)30(28(25)34)17-5-4-6-18(12-17)31(36)37)11-16(26(21)29(35)40-24)15-38-19-7-2-1-3-8-19/h1-10,12,21-22,24-25,32,35H,11,13-15H2/t21-,22-,24-,25+/m0/s1. The largest absolute Gasteiger partial charge is 0.489 e. The summed E-state index contributed by atoms with van der Waals surface area (Å²) in [6, 6.07) is 17.8. The van der Waals surface area contributed by atoms with Crippen molar-refractivity contribution in [1.82, 2.24) is 0 Å². The van der Waals surface area contributed by atoms with Crippen LogP contribution >= 0.6 is 0 Å². The summed E-state index contributed by atoms with van der Waals surface area (Å²) in [7, 11) is -1.38. The SMILES string of the molecule is O=C1[C@H]2[C@H](CC(COc3ccccc3)=C3B(O)O[C@H](c4ccc(CO)o4)C[C@H]32)C(=O)N1c1cccc([N+](=O)[O-])c1. The number of non-ortho nitro benzene ring substituents is 1. The third-order valence-corrected chi connectivity index (χ3v) is 7.82. The van der Waals surface area contributed by atoms with Crippen molar-refractivity contribution in [3.8, 4) is 5.75 Å². The normalized spacial score (nSPS) is 24.2. The third kappa shape index (κ3) is 4.49. The van der Waals surface area contributed by atoms with E-state index in [0.717, 1.165) is 4.90 Å². The van der Waals surface area contributed by atoms with Gasteiger partial charge in [0.15, 0.2) is 0 Å². The molecule has 2 N–H and O–H groups in total. The van der Waals surface area contributed by atoms with E-state index in [-0.39, 0.29) is 37.4 Å². The number of aliphatic hydroxyl groups excluding tert-OH is 1. The molecule has 3 heterocycles. The molecule has 0 spiro atoms. The number of rotatable bonds is 7. The van der Waals surface area contributed by atoms with Crippen LogP contribution in [0.15, 0.2) is 82.2 Å². The maximum Gasteiger partial charge on any atom is 0.487 e. The van der Waals surface area contributed by atoms with Crippen molar-refractivity contribution in [1.29, 1.82) is 0 Å². The fourth-order valence-corrected chi connectivity index (χ4v) is 6.07. The molecule has 0 bridgehead atoms. The average Bonchev–Trinajstić information content (AvgIpc) is 3.54. The van der Waals surface area contributed by atoms with Crippen LogP contribution in [0.2, 0.25) is 0 Å². The summed E-state index contributed by atoms with van der Waals surface area (Å²) in [5, 5.41) is 32.0. The molecule has 0 unspecified atom stereocenters. The molecular formula is C28H25BN2O9. The van der Waals surface area contributed by atoms with Crippen molar-refractivity contribution >= 4 is 30.3 Å². The van der Waals surface area contributed by atoms with E-state index in [1.54, 1.807) is 24.3 Å². The van der Waals surface area contributed by atoms with Crippen molar-refractivity contribution in [2.75, 3.05) is 11.5 Å². The summed E-state index contributed by atoms with van der Waals surface area (Å²) in [6.07, 6.45) is -0.323. The Labute approximate surface area is 228 Å². The molecule has 4 atom stereocenters. The number of fused-ring (bicyclic) bond motifs is 3. The van der Waals surface area contributed by atoms with Gasteiger partial charge >= 0.3 is 7.12 Å². The third-order valence-electron chi connectivity index (χ3n) is 7.82. The first-order valence-electron chi connectivity index (χ1n) is 12.9. The van der Waals surface area contributed by atoms with Crippen LogP contribution in [-0.4, -0.2) is 40.6 Å². The number of allylic oxidation sites excluding steroid dienone is 1. The van der Waals surface area contributed by atoms with Gasteiger partial charge in [-0.05, 0) is 60.1 Å². The Morgan fingerprint density at radius 3 is 2.58 bits per heavy atom. The van der Waals surface area contributed by atoms with Crippen LogP contribution < -0.4 is 9.64 Å². The van der Waals surface area contributed by atoms with E-state index in [1.165, 1.54) is 24.3 Å². The number of ether oxygens (including phenoxy) is 1. The van der Waals surface area contributed by atoms with Gasteiger partial charge in [0.1, 0.15) is 36.6 Å². The van der Waals surface area contributed by atoms with Gasteiger partial charge in [0, 0.05) is 12.1 Å². The van der Waals surface area contributed by atoms with Crippen LogP contribution in [-0.2, 0) is 20.9 Å². The molecule has 2 saturated heterocycles. The average molecular weight is 544 g/mol. The van der Waals surface area contributed by atoms with Gasteiger partial charge in [-0.25, -0.2) is 4.90 Å². The fourth-order valence-electron chi connectivity index (χ4n) is 6.07. The van der Waals surface area contributed by atoms with Crippen LogP contribution in [0.4, 0.5) is 11.4 Å². The fraction of sp³-hybridized carbons (Fsp3) is 0.286. The summed E-state index contributed by atoms with van der Waals surface area (Å²) in [5.74, 6) is -1.74. The first-order valence-corrected chi connectivity index (χ1v) is 12.9. The molecule has 3 aromatic rings. The highest BCUT2D eigenvalue weighted by Gasteiger charge is 2.58. The highest BCUT2D eigenvalue weighted by atomic mass is 16.6.